The van der Waals surface area contributed by atoms with Crippen LogP contribution < -0.4 is 5.32 Å². The van der Waals surface area contributed by atoms with Crippen LogP contribution in [0.4, 0.5) is 0 Å². The molecule has 120 valence electrons. The summed E-state index contributed by atoms with van der Waals surface area (Å²) in [5.74, 6) is 0.658. The van der Waals surface area contributed by atoms with Gasteiger partial charge in [-0.1, -0.05) is 18.2 Å². The number of carbonyl (C=O) groups excluding carboxylic acids is 2. The van der Waals surface area contributed by atoms with E-state index in [4.69, 9.17) is 11.6 Å². The second kappa shape index (κ2) is 8.18. The molecule has 1 N–H and O–H groups in total. The van der Waals surface area contributed by atoms with Crippen LogP contribution in [0.25, 0.3) is 0 Å². The Labute approximate surface area is 136 Å². The molecule has 0 saturated carbocycles. The average Bonchev–Trinajstić information content (AvgIpc) is 2.53. The van der Waals surface area contributed by atoms with Gasteiger partial charge < -0.3 is 10.2 Å². The molecule has 1 aliphatic heterocycles. The van der Waals surface area contributed by atoms with E-state index in [2.05, 4.69) is 5.32 Å². The quantitative estimate of drug-likeness (QED) is 0.847. The third-order valence-electron chi connectivity index (χ3n) is 4.06. The van der Waals surface area contributed by atoms with Gasteiger partial charge in [0.2, 0.25) is 5.91 Å². The number of alkyl halides is 1. The van der Waals surface area contributed by atoms with Crippen LogP contribution in [0.3, 0.4) is 0 Å². The first-order chi connectivity index (χ1) is 10.6. The van der Waals surface area contributed by atoms with Crippen molar-refractivity contribution in [3.05, 3.63) is 35.4 Å². The maximum absolute atomic E-state index is 12.5. The Hall–Kier alpha value is -1.55. The Kier molecular flexibility index (Phi) is 6.25. The molecule has 0 aliphatic carbocycles. The lowest BCUT2D eigenvalue weighted by Crippen LogP contribution is -2.46. The van der Waals surface area contributed by atoms with Crippen molar-refractivity contribution in [1.82, 2.24) is 10.2 Å². The van der Waals surface area contributed by atoms with E-state index in [1.165, 1.54) is 0 Å². The van der Waals surface area contributed by atoms with Crippen molar-refractivity contribution in [2.24, 2.45) is 0 Å². The topological polar surface area (TPSA) is 49.4 Å². The molecule has 0 unspecified atom stereocenters. The molecule has 1 fully saturated rings. The average molecular weight is 323 g/mol. The number of benzene rings is 1. The maximum atomic E-state index is 12.5. The zero-order chi connectivity index (χ0) is 15.9. The number of nitrogens with one attached hydrogen (secondary N) is 1. The van der Waals surface area contributed by atoms with Crippen LogP contribution in [0.5, 0.6) is 0 Å². The van der Waals surface area contributed by atoms with Crippen molar-refractivity contribution in [1.29, 1.82) is 0 Å². The van der Waals surface area contributed by atoms with Gasteiger partial charge in [-0.25, -0.2) is 0 Å². The van der Waals surface area contributed by atoms with Crippen LogP contribution in [-0.4, -0.2) is 41.7 Å². The van der Waals surface area contributed by atoms with Crippen molar-refractivity contribution >= 4 is 23.4 Å². The van der Waals surface area contributed by atoms with Gasteiger partial charge in [0.25, 0.3) is 5.91 Å². The van der Waals surface area contributed by atoms with E-state index in [0.29, 0.717) is 31.8 Å². The van der Waals surface area contributed by atoms with Gasteiger partial charge in [-0.2, -0.15) is 0 Å². The van der Waals surface area contributed by atoms with Crippen molar-refractivity contribution < 1.29 is 9.59 Å². The van der Waals surface area contributed by atoms with E-state index in [1.807, 2.05) is 36.1 Å². The normalized spacial score (nSPS) is 15.6. The molecule has 1 aromatic carbocycles. The van der Waals surface area contributed by atoms with E-state index < -0.39 is 0 Å². The van der Waals surface area contributed by atoms with Gasteiger partial charge in [-0.3, -0.25) is 9.59 Å². The molecule has 1 aliphatic rings. The number of aryl methyl sites for hydroxylation is 1. The zero-order valence-electron chi connectivity index (χ0n) is 13.0. The predicted molar refractivity (Wildman–Crippen MR) is 88.2 cm³/mol. The maximum Gasteiger partial charge on any atom is 0.254 e. The second-order valence-electron chi connectivity index (χ2n) is 5.74. The molecule has 0 atom stereocenters. The summed E-state index contributed by atoms with van der Waals surface area (Å²) in [6.45, 7) is 3.33. The standard InChI is InChI=1S/C17H23ClN2O2/c1-13-5-2-3-6-15(13)17(22)20-11-8-14(9-12-20)19-16(21)7-4-10-18/h2-3,5-6,14H,4,7-12H2,1H3,(H,19,21). The van der Waals surface area contributed by atoms with E-state index in [-0.39, 0.29) is 17.9 Å². The largest absolute Gasteiger partial charge is 0.353 e. The van der Waals surface area contributed by atoms with Gasteiger partial charge in [0.15, 0.2) is 0 Å². The second-order valence-corrected chi connectivity index (χ2v) is 6.12. The summed E-state index contributed by atoms with van der Waals surface area (Å²) in [5, 5.41) is 3.03. The molecular weight excluding hydrogens is 300 g/mol. The summed E-state index contributed by atoms with van der Waals surface area (Å²) in [6, 6.07) is 7.83. The van der Waals surface area contributed by atoms with Crippen LogP contribution >= 0.6 is 11.6 Å². The monoisotopic (exact) mass is 322 g/mol. The molecule has 0 bridgehead atoms. The number of rotatable bonds is 5. The molecule has 1 saturated heterocycles. The molecule has 4 nitrogen and oxygen atoms in total. The summed E-state index contributed by atoms with van der Waals surface area (Å²) >= 11 is 5.59. The lowest BCUT2D eigenvalue weighted by Gasteiger charge is -2.32. The smallest absolute Gasteiger partial charge is 0.254 e. The minimum absolute atomic E-state index is 0.0596. The van der Waals surface area contributed by atoms with Gasteiger partial charge in [0, 0.05) is 37.0 Å². The van der Waals surface area contributed by atoms with Gasteiger partial charge in [-0.05, 0) is 37.8 Å². The highest BCUT2D eigenvalue weighted by atomic mass is 35.5. The van der Waals surface area contributed by atoms with E-state index >= 15 is 0 Å². The Morgan fingerprint density at radius 2 is 1.95 bits per heavy atom. The first kappa shape index (κ1) is 16.8. The lowest BCUT2D eigenvalue weighted by atomic mass is 10.0. The van der Waals surface area contributed by atoms with Gasteiger partial charge in [0.1, 0.15) is 0 Å². The molecule has 0 spiro atoms. The Morgan fingerprint density at radius 1 is 1.27 bits per heavy atom. The minimum atomic E-state index is 0.0596. The first-order valence-electron chi connectivity index (χ1n) is 7.82. The summed E-state index contributed by atoms with van der Waals surface area (Å²) in [6.07, 6.45) is 2.80. The van der Waals surface area contributed by atoms with Crippen LogP contribution in [0, 0.1) is 6.92 Å². The van der Waals surface area contributed by atoms with E-state index in [9.17, 15) is 9.59 Å². The molecular formula is C17H23ClN2O2. The number of likely N-dealkylation sites (tertiary alicyclic amines) is 1. The number of nitrogens with zero attached hydrogens (tertiary/aromatic N) is 1. The fraction of sp³-hybridized carbons (Fsp3) is 0.529. The highest BCUT2D eigenvalue weighted by Crippen LogP contribution is 2.16. The van der Waals surface area contributed by atoms with Crippen LogP contribution in [0.2, 0.25) is 0 Å². The molecule has 0 aromatic heterocycles. The highest BCUT2D eigenvalue weighted by molar-refractivity contribution is 6.17. The van der Waals surface area contributed by atoms with Crippen molar-refractivity contribution in [3.63, 3.8) is 0 Å². The van der Waals surface area contributed by atoms with Crippen molar-refractivity contribution in [2.75, 3.05) is 19.0 Å². The SMILES string of the molecule is Cc1ccccc1C(=O)N1CCC(NC(=O)CCCCl)CC1. The summed E-state index contributed by atoms with van der Waals surface area (Å²) < 4.78 is 0. The molecule has 2 rings (SSSR count). The molecule has 1 heterocycles. The van der Waals surface area contributed by atoms with Crippen LogP contribution in [0.1, 0.15) is 41.6 Å². The number of amides is 2. The van der Waals surface area contributed by atoms with Gasteiger partial charge in [0.05, 0.1) is 0 Å². The third kappa shape index (κ3) is 4.47. The van der Waals surface area contributed by atoms with Gasteiger partial charge in [-0.15, -0.1) is 11.6 Å². The number of halogens is 1. The minimum Gasteiger partial charge on any atom is -0.353 e. The lowest BCUT2D eigenvalue weighted by molar-refractivity contribution is -0.122. The Balaban J connectivity index is 1.83. The fourth-order valence-electron chi connectivity index (χ4n) is 2.74. The Morgan fingerprint density at radius 3 is 2.59 bits per heavy atom. The number of hydrogen-bond acceptors (Lipinski definition) is 2. The zero-order valence-corrected chi connectivity index (χ0v) is 13.7. The highest BCUT2D eigenvalue weighted by Gasteiger charge is 2.25. The van der Waals surface area contributed by atoms with E-state index in [1.54, 1.807) is 0 Å². The summed E-state index contributed by atoms with van der Waals surface area (Å²) in [5.41, 5.74) is 1.77. The van der Waals surface area contributed by atoms with Crippen molar-refractivity contribution in [2.45, 2.75) is 38.6 Å². The molecule has 1 aromatic rings. The number of hydrogen-bond donors (Lipinski definition) is 1. The predicted octanol–water partition coefficient (Wildman–Crippen LogP) is 2.73. The first-order valence-corrected chi connectivity index (χ1v) is 8.35. The molecule has 0 radical (unpaired) electrons. The van der Waals surface area contributed by atoms with E-state index in [0.717, 1.165) is 24.0 Å². The summed E-state index contributed by atoms with van der Waals surface area (Å²) in [7, 11) is 0. The number of carbonyl (C=O) groups is 2. The van der Waals surface area contributed by atoms with Crippen molar-refractivity contribution in [3.8, 4) is 0 Å². The summed E-state index contributed by atoms with van der Waals surface area (Å²) in [4.78, 5) is 26.1. The van der Waals surface area contributed by atoms with Crippen LogP contribution in [0.15, 0.2) is 24.3 Å². The molecule has 22 heavy (non-hydrogen) atoms. The number of piperidine rings is 1. The van der Waals surface area contributed by atoms with Crippen LogP contribution in [-0.2, 0) is 4.79 Å². The third-order valence-corrected chi connectivity index (χ3v) is 4.33. The van der Waals surface area contributed by atoms with Gasteiger partial charge >= 0.3 is 0 Å². The fourth-order valence-corrected chi connectivity index (χ4v) is 2.87. The molecule has 2 amide bonds. The Bertz CT molecular complexity index is 525. The molecule has 5 heteroatoms.